The SMILES string of the molecule is CCCNC(CO)COc1cccc2ccccc12. The first kappa shape index (κ1) is 13.8. The Bertz CT molecular complexity index is 508. The van der Waals surface area contributed by atoms with Crippen LogP contribution in [0.2, 0.25) is 0 Å². The monoisotopic (exact) mass is 259 g/mol. The summed E-state index contributed by atoms with van der Waals surface area (Å²) in [7, 11) is 0. The largest absolute Gasteiger partial charge is 0.491 e. The molecule has 0 saturated heterocycles. The third-order valence-electron chi connectivity index (χ3n) is 3.09. The van der Waals surface area contributed by atoms with E-state index in [2.05, 4.69) is 30.4 Å². The Kier molecular flexibility index (Phi) is 5.19. The number of aliphatic hydroxyl groups is 1. The Morgan fingerprint density at radius 1 is 1.16 bits per heavy atom. The maximum absolute atomic E-state index is 9.30. The molecule has 0 aliphatic heterocycles. The van der Waals surface area contributed by atoms with Crippen LogP contribution in [0, 0.1) is 0 Å². The summed E-state index contributed by atoms with van der Waals surface area (Å²) in [5.74, 6) is 0.870. The average Bonchev–Trinajstić information content (AvgIpc) is 2.47. The van der Waals surface area contributed by atoms with Gasteiger partial charge in [-0.1, -0.05) is 43.3 Å². The molecule has 0 saturated carbocycles. The first-order valence-electron chi connectivity index (χ1n) is 6.80. The van der Waals surface area contributed by atoms with Crippen molar-refractivity contribution in [3.8, 4) is 5.75 Å². The topological polar surface area (TPSA) is 41.5 Å². The minimum absolute atomic E-state index is 0.0149. The minimum Gasteiger partial charge on any atom is -0.491 e. The Balaban J connectivity index is 2.04. The number of hydrogen-bond donors (Lipinski definition) is 2. The summed E-state index contributed by atoms with van der Waals surface area (Å²) < 4.78 is 5.85. The van der Waals surface area contributed by atoms with E-state index in [1.54, 1.807) is 0 Å². The molecule has 0 fully saturated rings. The van der Waals surface area contributed by atoms with E-state index >= 15 is 0 Å². The van der Waals surface area contributed by atoms with Crippen molar-refractivity contribution in [1.29, 1.82) is 0 Å². The van der Waals surface area contributed by atoms with Gasteiger partial charge in [-0.15, -0.1) is 0 Å². The van der Waals surface area contributed by atoms with Crippen LogP contribution in [0.5, 0.6) is 5.75 Å². The summed E-state index contributed by atoms with van der Waals surface area (Å²) in [6.07, 6.45) is 1.05. The molecule has 0 spiro atoms. The summed E-state index contributed by atoms with van der Waals surface area (Å²) in [5.41, 5.74) is 0. The van der Waals surface area contributed by atoms with Crippen molar-refractivity contribution in [3.05, 3.63) is 42.5 Å². The predicted octanol–water partition coefficient (Wildman–Crippen LogP) is 2.58. The molecule has 2 aromatic carbocycles. The minimum atomic E-state index is -0.0149. The van der Waals surface area contributed by atoms with Crippen molar-refractivity contribution >= 4 is 10.8 Å². The second-order valence-corrected chi connectivity index (χ2v) is 4.62. The van der Waals surface area contributed by atoms with E-state index < -0.39 is 0 Å². The fourth-order valence-corrected chi connectivity index (χ4v) is 2.04. The third kappa shape index (κ3) is 3.69. The molecule has 0 bridgehead atoms. The molecular formula is C16H21NO2. The van der Waals surface area contributed by atoms with Gasteiger partial charge in [0, 0.05) is 5.39 Å². The average molecular weight is 259 g/mol. The highest BCUT2D eigenvalue weighted by atomic mass is 16.5. The van der Waals surface area contributed by atoms with Gasteiger partial charge < -0.3 is 15.2 Å². The summed E-state index contributed by atoms with van der Waals surface area (Å²) in [6.45, 7) is 3.56. The highest BCUT2D eigenvalue weighted by Gasteiger charge is 2.08. The molecule has 1 unspecified atom stereocenters. The third-order valence-corrected chi connectivity index (χ3v) is 3.09. The zero-order valence-corrected chi connectivity index (χ0v) is 11.3. The smallest absolute Gasteiger partial charge is 0.127 e. The molecule has 0 amide bonds. The van der Waals surface area contributed by atoms with E-state index in [1.165, 1.54) is 5.39 Å². The van der Waals surface area contributed by atoms with Gasteiger partial charge in [0.05, 0.1) is 12.6 Å². The van der Waals surface area contributed by atoms with Crippen LogP contribution in [0.1, 0.15) is 13.3 Å². The number of benzene rings is 2. The van der Waals surface area contributed by atoms with Gasteiger partial charge >= 0.3 is 0 Å². The Labute approximate surface area is 114 Å². The maximum atomic E-state index is 9.30. The summed E-state index contributed by atoms with van der Waals surface area (Å²) in [4.78, 5) is 0. The van der Waals surface area contributed by atoms with Gasteiger partial charge in [-0.3, -0.25) is 0 Å². The highest BCUT2D eigenvalue weighted by molar-refractivity contribution is 5.88. The van der Waals surface area contributed by atoms with Crippen LogP contribution >= 0.6 is 0 Å². The summed E-state index contributed by atoms with van der Waals surface area (Å²) in [6, 6.07) is 14.2. The van der Waals surface area contributed by atoms with Crippen LogP contribution in [-0.4, -0.2) is 30.9 Å². The van der Waals surface area contributed by atoms with E-state index in [0.29, 0.717) is 6.61 Å². The van der Waals surface area contributed by atoms with Crippen LogP contribution in [0.4, 0.5) is 0 Å². The summed E-state index contributed by atoms with van der Waals surface area (Å²) in [5, 5.41) is 14.8. The molecule has 0 aromatic heterocycles. The van der Waals surface area contributed by atoms with Gasteiger partial charge in [-0.25, -0.2) is 0 Å². The second kappa shape index (κ2) is 7.12. The molecule has 3 nitrogen and oxygen atoms in total. The number of rotatable bonds is 7. The number of aliphatic hydroxyl groups excluding tert-OH is 1. The molecule has 3 heteroatoms. The van der Waals surface area contributed by atoms with Gasteiger partial charge in [0.2, 0.25) is 0 Å². The van der Waals surface area contributed by atoms with Gasteiger partial charge in [0.1, 0.15) is 12.4 Å². The van der Waals surface area contributed by atoms with Gasteiger partial charge in [-0.05, 0) is 24.4 Å². The fraction of sp³-hybridized carbons (Fsp3) is 0.375. The molecule has 0 radical (unpaired) electrons. The first-order chi connectivity index (χ1) is 9.35. The predicted molar refractivity (Wildman–Crippen MR) is 78.6 cm³/mol. The Morgan fingerprint density at radius 3 is 2.74 bits per heavy atom. The van der Waals surface area contributed by atoms with Crippen LogP contribution in [0.3, 0.4) is 0 Å². The number of nitrogens with one attached hydrogen (secondary N) is 1. The lowest BCUT2D eigenvalue weighted by Gasteiger charge is -2.17. The molecular weight excluding hydrogens is 238 g/mol. The number of hydrogen-bond acceptors (Lipinski definition) is 3. The number of ether oxygens (including phenoxy) is 1. The normalized spacial score (nSPS) is 12.5. The quantitative estimate of drug-likeness (QED) is 0.803. The van der Waals surface area contributed by atoms with Crippen LogP contribution in [0.25, 0.3) is 10.8 Å². The highest BCUT2D eigenvalue weighted by Crippen LogP contribution is 2.25. The first-order valence-corrected chi connectivity index (χ1v) is 6.80. The van der Waals surface area contributed by atoms with Crippen molar-refractivity contribution in [2.45, 2.75) is 19.4 Å². The molecule has 2 aromatic rings. The summed E-state index contributed by atoms with van der Waals surface area (Å²) >= 11 is 0. The van der Waals surface area contributed by atoms with Gasteiger partial charge in [0.25, 0.3) is 0 Å². The van der Waals surface area contributed by atoms with E-state index in [0.717, 1.165) is 24.1 Å². The maximum Gasteiger partial charge on any atom is 0.127 e. The van der Waals surface area contributed by atoms with E-state index in [9.17, 15) is 5.11 Å². The van der Waals surface area contributed by atoms with Crippen LogP contribution in [0.15, 0.2) is 42.5 Å². The van der Waals surface area contributed by atoms with Crippen molar-refractivity contribution in [3.63, 3.8) is 0 Å². The molecule has 2 rings (SSSR count). The number of fused-ring (bicyclic) bond motifs is 1. The Hall–Kier alpha value is -1.58. The Morgan fingerprint density at radius 2 is 1.95 bits per heavy atom. The van der Waals surface area contributed by atoms with E-state index in [1.807, 2.05) is 24.3 Å². The lowest BCUT2D eigenvalue weighted by Crippen LogP contribution is -2.38. The lowest BCUT2D eigenvalue weighted by atomic mass is 10.1. The molecule has 0 aliphatic carbocycles. The van der Waals surface area contributed by atoms with Gasteiger partial charge in [-0.2, -0.15) is 0 Å². The van der Waals surface area contributed by atoms with Crippen molar-refractivity contribution in [2.75, 3.05) is 19.8 Å². The zero-order chi connectivity index (χ0) is 13.5. The molecule has 2 N–H and O–H groups in total. The van der Waals surface area contributed by atoms with Crippen LogP contribution < -0.4 is 10.1 Å². The van der Waals surface area contributed by atoms with Crippen molar-refractivity contribution < 1.29 is 9.84 Å². The molecule has 19 heavy (non-hydrogen) atoms. The molecule has 102 valence electrons. The van der Waals surface area contributed by atoms with Crippen molar-refractivity contribution in [2.24, 2.45) is 0 Å². The van der Waals surface area contributed by atoms with Crippen LogP contribution in [-0.2, 0) is 0 Å². The second-order valence-electron chi connectivity index (χ2n) is 4.62. The van der Waals surface area contributed by atoms with E-state index in [4.69, 9.17) is 4.74 Å². The van der Waals surface area contributed by atoms with Crippen molar-refractivity contribution in [1.82, 2.24) is 5.32 Å². The van der Waals surface area contributed by atoms with E-state index in [-0.39, 0.29) is 12.6 Å². The van der Waals surface area contributed by atoms with Gasteiger partial charge in [0.15, 0.2) is 0 Å². The fourth-order valence-electron chi connectivity index (χ4n) is 2.04. The molecule has 1 atom stereocenters. The molecule has 0 heterocycles. The zero-order valence-electron chi connectivity index (χ0n) is 11.3. The molecule has 0 aliphatic rings. The lowest BCUT2D eigenvalue weighted by molar-refractivity contribution is 0.184. The standard InChI is InChI=1S/C16H21NO2/c1-2-10-17-14(11-18)12-19-16-9-5-7-13-6-3-4-8-15(13)16/h3-9,14,17-18H,2,10-12H2,1H3.